The number of rotatable bonds is 1. The number of hydrogen-bond acceptors (Lipinski definition) is 2. The molecule has 0 amide bonds. The second-order valence-corrected chi connectivity index (χ2v) is 4.52. The molecule has 0 bridgehead atoms. The first-order valence-electron chi connectivity index (χ1n) is 6.05. The molecule has 15 heavy (non-hydrogen) atoms. The van der Waals surface area contributed by atoms with Crippen molar-refractivity contribution in [2.24, 2.45) is 0 Å². The molecule has 1 aromatic rings. The molecule has 0 N–H and O–H groups in total. The van der Waals surface area contributed by atoms with Crippen molar-refractivity contribution in [3.05, 3.63) is 29.8 Å². The Bertz CT molecular complexity index is 342. The van der Waals surface area contributed by atoms with Gasteiger partial charge >= 0.3 is 0 Å². The number of hydrazine groups is 1. The fourth-order valence-electron chi connectivity index (χ4n) is 2.73. The smallest absolute Gasteiger partial charge is 0.0554 e. The molecule has 0 atom stereocenters. The Hall–Kier alpha value is -1.02. The van der Waals surface area contributed by atoms with Crippen molar-refractivity contribution in [1.29, 1.82) is 0 Å². The van der Waals surface area contributed by atoms with E-state index >= 15 is 0 Å². The molecule has 0 saturated carbocycles. The number of hydrogen-bond donors (Lipinski definition) is 0. The molecule has 0 radical (unpaired) electrons. The van der Waals surface area contributed by atoms with E-state index in [0.717, 1.165) is 0 Å². The summed E-state index contributed by atoms with van der Waals surface area (Å²) in [6, 6.07) is 8.83. The van der Waals surface area contributed by atoms with Gasteiger partial charge < -0.3 is 5.01 Å². The third-order valence-electron chi connectivity index (χ3n) is 3.54. The number of anilines is 1. The van der Waals surface area contributed by atoms with Crippen LogP contribution in [0, 0.1) is 0 Å². The predicted molar refractivity (Wildman–Crippen MR) is 62.9 cm³/mol. The molecule has 0 unspecified atom stereocenters. The van der Waals surface area contributed by atoms with E-state index in [9.17, 15) is 0 Å². The van der Waals surface area contributed by atoms with Crippen molar-refractivity contribution in [3.63, 3.8) is 0 Å². The van der Waals surface area contributed by atoms with Gasteiger partial charge in [0.2, 0.25) is 0 Å². The highest BCUT2D eigenvalue weighted by Crippen LogP contribution is 2.29. The Balaban J connectivity index is 1.83. The third-order valence-corrected chi connectivity index (χ3v) is 3.54. The molecule has 1 aromatic carbocycles. The summed E-state index contributed by atoms with van der Waals surface area (Å²) >= 11 is 0. The van der Waals surface area contributed by atoms with E-state index in [1.165, 1.54) is 56.6 Å². The van der Waals surface area contributed by atoms with Gasteiger partial charge in [-0.2, -0.15) is 0 Å². The lowest BCUT2D eigenvalue weighted by Gasteiger charge is -2.36. The molecular weight excluding hydrogens is 184 g/mol. The number of nitrogens with zero attached hydrogens (tertiary/aromatic N) is 2. The summed E-state index contributed by atoms with van der Waals surface area (Å²) in [5.41, 5.74) is 2.96. The van der Waals surface area contributed by atoms with Crippen LogP contribution in [0.25, 0.3) is 0 Å². The molecular formula is C13H18N2. The maximum absolute atomic E-state index is 2.54. The predicted octanol–water partition coefficient (Wildman–Crippen LogP) is 2.45. The monoisotopic (exact) mass is 202 g/mol. The standard InChI is InChI=1S/C13H18N2/c1-4-9-14(10-5-1)15-11-8-12-6-2-3-7-13(12)15/h2-3,6-7H,1,4-5,8-11H2. The van der Waals surface area contributed by atoms with Gasteiger partial charge in [-0.1, -0.05) is 24.6 Å². The molecule has 2 aliphatic rings. The highest BCUT2D eigenvalue weighted by Gasteiger charge is 2.24. The van der Waals surface area contributed by atoms with Crippen molar-refractivity contribution >= 4 is 5.69 Å². The van der Waals surface area contributed by atoms with Crippen LogP contribution in [0.2, 0.25) is 0 Å². The molecule has 0 aliphatic carbocycles. The number of benzene rings is 1. The lowest BCUT2D eigenvalue weighted by Crippen LogP contribution is -2.44. The molecule has 1 fully saturated rings. The van der Waals surface area contributed by atoms with E-state index in [2.05, 4.69) is 34.3 Å². The molecule has 0 spiro atoms. The SMILES string of the molecule is c1ccc2c(c1)CCN2N1CCCCC1. The van der Waals surface area contributed by atoms with Gasteiger partial charge in [-0.15, -0.1) is 0 Å². The van der Waals surface area contributed by atoms with E-state index in [1.807, 2.05) is 0 Å². The molecule has 2 aliphatic heterocycles. The Morgan fingerprint density at radius 2 is 1.67 bits per heavy atom. The van der Waals surface area contributed by atoms with Crippen molar-refractivity contribution in [2.75, 3.05) is 24.6 Å². The van der Waals surface area contributed by atoms with Crippen molar-refractivity contribution < 1.29 is 0 Å². The van der Waals surface area contributed by atoms with Crippen LogP contribution < -0.4 is 5.01 Å². The van der Waals surface area contributed by atoms with Crippen LogP contribution in [0.1, 0.15) is 24.8 Å². The van der Waals surface area contributed by atoms with E-state index < -0.39 is 0 Å². The Kier molecular flexibility index (Phi) is 2.37. The van der Waals surface area contributed by atoms with E-state index in [0.29, 0.717) is 0 Å². The van der Waals surface area contributed by atoms with Crippen LogP contribution in [0.4, 0.5) is 5.69 Å². The first-order valence-corrected chi connectivity index (χ1v) is 6.05. The Labute approximate surface area is 91.5 Å². The topological polar surface area (TPSA) is 6.48 Å². The molecule has 0 aromatic heterocycles. The summed E-state index contributed by atoms with van der Waals surface area (Å²) in [4.78, 5) is 0. The summed E-state index contributed by atoms with van der Waals surface area (Å²) in [5, 5.41) is 5.03. The van der Waals surface area contributed by atoms with Gasteiger partial charge in [0.25, 0.3) is 0 Å². The third kappa shape index (κ3) is 1.63. The van der Waals surface area contributed by atoms with Gasteiger partial charge in [0.05, 0.1) is 5.69 Å². The largest absolute Gasteiger partial charge is 0.305 e. The number of piperidine rings is 1. The van der Waals surface area contributed by atoms with E-state index in [-0.39, 0.29) is 0 Å². The quantitative estimate of drug-likeness (QED) is 0.690. The van der Waals surface area contributed by atoms with Crippen LogP contribution in [0.5, 0.6) is 0 Å². The maximum Gasteiger partial charge on any atom is 0.0554 e. The first kappa shape index (κ1) is 9.22. The molecule has 2 heterocycles. The van der Waals surface area contributed by atoms with Crippen LogP contribution in [-0.4, -0.2) is 24.6 Å². The number of fused-ring (bicyclic) bond motifs is 1. The number of para-hydroxylation sites is 1. The van der Waals surface area contributed by atoms with Crippen LogP contribution >= 0.6 is 0 Å². The van der Waals surface area contributed by atoms with Crippen LogP contribution in [-0.2, 0) is 6.42 Å². The minimum Gasteiger partial charge on any atom is -0.305 e. The lowest BCUT2D eigenvalue weighted by atomic mass is 10.1. The molecule has 2 heteroatoms. The van der Waals surface area contributed by atoms with Gasteiger partial charge in [-0.3, -0.25) is 0 Å². The highest BCUT2D eigenvalue weighted by molar-refractivity contribution is 5.56. The summed E-state index contributed by atoms with van der Waals surface area (Å²) in [5.74, 6) is 0. The lowest BCUT2D eigenvalue weighted by molar-refractivity contribution is 0.213. The van der Waals surface area contributed by atoms with Crippen LogP contribution in [0.15, 0.2) is 24.3 Å². The van der Waals surface area contributed by atoms with Crippen molar-refractivity contribution in [3.8, 4) is 0 Å². The molecule has 3 rings (SSSR count). The zero-order valence-corrected chi connectivity index (χ0v) is 9.15. The molecule has 1 saturated heterocycles. The second-order valence-electron chi connectivity index (χ2n) is 4.52. The van der Waals surface area contributed by atoms with Crippen molar-refractivity contribution in [2.45, 2.75) is 25.7 Å². The Morgan fingerprint density at radius 1 is 0.867 bits per heavy atom. The normalized spacial score (nSPS) is 21.7. The van der Waals surface area contributed by atoms with Crippen LogP contribution in [0.3, 0.4) is 0 Å². The minimum absolute atomic E-state index is 1.18. The summed E-state index contributed by atoms with van der Waals surface area (Å²) in [6.07, 6.45) is 5.34. The van der Waals surface area contributed by atoms with Gasteiger partial charge in [-0.25, -0.2) is 5.01 Å². The zero-order valence-electron chi connectivity index (χ0n) is 9.15. The fourth-order valence-corrected chi connectivity index (χ4v) is 2.73. The molecule has 2 nitrogen and oxygen atoms in total. The van der Waals surface area contributed by atoms with Gasteiger partial charge in [0.1, 0.15) is 0 Å². The fraction of sp³-hybridized carbons (Fsp3) is 0.538. The molecule has 80 valence electrons. The van der Waals surface area contributed by atoms with E-state index in [1.54, 1.807) is 0 Å². The Morgan fingerprint density at radius 3 is 2.53 bits per heavy atom. The zero-order chi connectivity index (χ0) is 10.1. The summed E-state index contributed by atoms with van der Waals surface area (Å²) in [6.45, 7) is 3.67. The average Bonchev–Trinajstić information content (AvgIpc) is 2.74. The van der Waals surface area contributed by atoms with E-state index in [4.69, 9.17) is 0 Å². The maximum atomic E-state index is 2.54. The van der Waals surface area contributed by atoms with Gasteiger partial charge in [0.15, 0.2) is 0 Å². The highest BCUT2D eigenvalue weighted by atomic mass is 15.6. The van der Waals surface area contributed by atoms with Gasteiger partial charge in [-0.05, 0) is 30.9 Å². The van der Waals surface area contributed by atoms with Gasteiger partial charge in [0, 0.05) is 19.6 Å². The van der Waals surface area contributed by atoms with Crippen molar-refractivity contribution in [1.82, 2.24) is 5.01 Å². The minimum atomic E-state index is 1.18. The first-order chi connectivity index (χ1) is 7.45. The summed E-state index contributed by atoms with van der Waals surface area (Å²) < 4.78 is 0. The summed E-state index contributed by atoms with van der Waals surface area (Å²) in [7, 11) is 0. The average molecular weight is 202 g/mol. The second kappa shape index (κ2) is 3.86.